The van der Waals surface area contributed by atoms with Crippen molar-refractivity contribution in [2.24, 2.45) is 0 Å². The highest BCUT2D eigenvalue weighted by atomic mass is 16.5. The summed E-state index contributed by atoms with van der Waals surface area (Å²) in [5, 5.41) is 1.29. The molecule has 25 heavy (non-hydrogen) atoms. The van der Waals surface area contributed by atoms with E-state index in [1.54, 1.807) is 0 Å². The second-order valence-corrected chi connectivity index (χ2v) is 6.40. The number of aromatic nitrogens is 1. The van der Waals surface area contributed by atoms with Crippen molar-refractivity contribution >= 4 is 16.9 Å². The zero-order valence-electron chi connectivity index (χ0n) is 14.4. The molecule has 1 aromatic heterocycles. The quantitative estimate of drug-likeness (QED) is 0.740. The first-order chi connectivity index (χ1) is 12.3. The molecule has 0 radical (unpaired) electrons. The van der Waals surface area contributed by atoms with Gasteiger partial charge in [0.1, 0.15) is 0 Å². The summed E-state index contributed by atoms with van der Waals surface area (Å²) < 4.78 is 5.18. The number of fused-ring (bicyclic) bond motifs is 3. The Hall–Kier alpha value is -2.59. The first kappa shape index (κ1) is 15.9. The number of ether oxygens (including phenoxy) is 1. The van der Waals surface area contributed by atoms with E-state index in [9.17, 15) is 4.79 Å². The van der Waals surface area contributed by atoms with E-state index in [1.165, 1.54) is 22.2 Å². The van der Waals surface area contributed by atoms with Crippen LogP contribution in [0.3, 0.4) is 0 Å². The first-order valence-corrected chi connectivity index (χ1v) is 8.82. The number of hydrogen-bond acceptors (Lipinski definition) is 3. The summed E-state index contributed by atoms with van der Waals surface area (Å²) in [6, 6.07) is 18.8. The van der Waals surface area contributed by atoms with Crippen molar-refractivity contribution in [3.8, 4) is 0 Å². The molecule has 4 nitrogen and oxygen atoms in total. The summed E-state index contributed by atoms with van der Waals surface area (Å²) in [4.78, 5) is 17.9. The van der Waals surface area contributed by atoms with Gasteiger partial charge in [-0.15, -0.1) is 0 Å². The van der Waals surface area contributed by atoms with Gasteiger partial charge >= 0.3 is 5.97 Å². The van der Waals surface area contributed by atoms with Crippen LogP contribution in [0.25, 0.3) is 10.9 Å². The number of rotatable bonds is 4. The van der Waals surface area contributed by atoms with Gasteiger partial charge in [-0.25, -0.2) is 0 Å². The van der Waals surface area contributed by atoms with Gasteiger partial charge in [-0.1, -0.05) is 48.5 Å². The minimum Gasteiger partial charge on any atom is -0.465 e. The fourth-order valence-corrected chi connectivity index (χ4v) is 3.85. The third-order valence-electron chi connectivity index (χ3n) is 4.89. The zero-order valence-corrected chi connectivity index (χ0v) is 14.4. The highest BCUT2D eigenvalue weighted by Crippen LogP contribution is 2.38. The molecule has 0 spiro atoms. The number of para-hydroxylation sites is 1. The summed E-state index contributed by atoms with van der Waals surface area (Å²) >= 11 is 0. The molecule has 2 aromatic carbocycles. The maximum absolute atomic E-state index is 12.1. The van der Waals surface area contributed by atoms with Crippen LogP contribution >= 0.6 is 0 Å². The Morgan fingerprint density at radius 1 is 1.16 bits per heavy atom. The van der Waals surface area contributed by atoms with Crippen LogP contribution in [0.1, 0.15) is 29.8 Å². The molecule has 0 aliphatic carbocycles. The van der Waals surface area contributed by atoms with Crippen molar-refractivity contribution in [2.45, 2.75) is 19.4 Å². The average molecular weight is 334 g/mol. The van der Waals surface area contributed by atoms with Gasteiger partial charge in [0.05, 0.1) is 19.2 Å². The Bertz CT molecular complexity index is 885. The molecule has 0 saturated heterocycles. The highest BCUT2D eigenvalue weighted by Gasteiger charge is 2.32. The number of carbonyl (C=O) groups excluding carboxylic acids is 1. The van der Waals surface area contributed by atoms with E-state index in [1.807, 2.05) is 13.0 Å². The molecule has 0 bridgehead atoms. The minimum atomic E-state index is -0.164. The lowest BCUT2D eigenvalue weighted by Crippen LogP contribution is -2.40. The Kier molecular flexibility index (Phi) is 4.28. The lowest BCUT2D eigenvalue weighted by Gasteiger charge is -2.35. The normalized spacial score (nSPS) is 17.4. The second kappa shape index (κ2) is 6.73. The minimum absolute atomic E-state index is 0.0433. The monoisotopic (exact) mass is 334 g/mol. The lowest BCUT2D eigenvalue weighted by molar-refractivity contribution is -0.145. The van der Waals surface area contributed by atoms with Crippen LogP contribution in [-0.2, 0) is 16.0 Å². The first-order valence-electron chi connectivity index (χ1n) is 8.82. The van der Waals surface area contributed by atoms with Gasteiger partial charge in [0.15, 0.2) is 0 Å². The third kappa shape index (κ3) is 2.94. The predicted molar refractivity (Wildman–Crippen MR) is 98.5 cm³/mol. The Morgan fingerprint density at radius 2 is 1.92 bits per heavy atom. The van der Waals surface area contributed by atoms with Crippen LogP contribution in [0, 0.1) is 0 Å². The van der Waals surface area contributed by atoms with Crippen LogP contribution in [0.5, 0.6) is 0 Å². The van der Waals surface area contributed by atoms with Gasteiger partial charge < -0.3 is 9.72 Å². The maximum atomic E-state index is 12.1. The summed E-state index contributed by atoms with van der Waals surface area (Å²) in [6.45, 7) is 3.41. The Balaban J connectivity index is 1.79. The van der Waals surface area contributed by atoms with E-state index >= 15 is 0 Å². The predicted octanol–water partition coefficient (Wildman–Crippen LogP) is 3.68. The maximum Gasteiger partial charge on any atom is 0.320 e. The van der Waals surface area contributed by atoms with Crippen LogP contribution in [-0.4, -0.2) is 35.5 Å². The summed E-state index contributed by atoms with van der Waals surface area (Å²) in [5.41, 5.74) is 4.92. The fourth-order valence-electron chi connectivity index (χ4n) is 3.85. The summed E-state index contributed by atoms with van der Waals surface area (Å²) in [7, 11) is 0. The molecular weight excluding hydrogens is 312 g/mol. The molecule has 128 valence electrons. The number of nitrogens with one attached hydrogen (secondary N) is 1. The van der Waals surface area contributed by atoms with Crippen molar-refractivity contribution in [3.05, 3.63) is 71.4 Å². The number of nitrogens with zero attached hydrogens (tertiary/aromatic N) is 1. The van der Waals surface area contributed by atoms with Crippen LogP contribution in [0.4, 0.5) is 0 Å². The van der Waals surface area contributed by atoms with E-state index in [2.05, 4.69) is 58.4 Å². The third-order valence-corrected chi connectivity index (χ3v) is 4.89. The molecule has 0 saturated carbocycles. The molecule has 1 N–H and O–H groups in total. The Morgan fingerprint density at radius 3 is 2.72 bits per heavy atom. The number of aromatic amines is 1. The standard InChI is InChI=1S/C21H22N2O2/c1-2-25-19(24)14-23-13-12-17-16-10-6-7-11-18(16)22-20(17)21(23)15-8-4-3-5-9-15/h3-11,21-22H,2,12-14H2,1H3. The van der Waals surface area contributed by atoms with Crippen molar-refractivity contribution < 1.29 is 9.53 Å². The van der Waals surface area contributed by atoms with Gasteiger partial charge in [0, 0.05) is 23.1 Å². The molecule has 1 aliphatic heterocycles. The van der Waals surface area contributed by atoms with Crippen molar-refractivity contribution in [1.82, 2.24) is 9.88 Å². The van der Waals surface area contributed by atoms with Crippen LogP contribution < -0.4 is 0 Å². The zero-order chi connectivity index (χ0) is 17.2. The molecule has 0 fully saturated rings. The molecule has 3 aromatic rings. The van der Waals surface area contributed by atoms with E-state index in [-0.39, 0.29) is 12.0 Å². The molecule has 4 rings (SSSR count). The second-order valence-electron chi connectivity index (χ2n) is 6.40. The number of esters is 1. The molecule has 4 heteroatoms. The van der Waals surface area contributed by atoms with Crippen molar-refractivity contribution in [2.75, 3.05) is 19.7 Å². The highest BCUT2D eigenvalue weighted by molar-refractivity contribution is 5.85. The largest absolute Gasteiger partial charge is 0.465 e. The van der Waals surface area contributed by atoms with E-state index in [0.717, 1.165) is 18.5 Å². The van der Waals surface area contributed by atoms with Gasteiger partial charge in [0.25, 0.3) is 0 Å². The molecule has 1 atom stereocenters. The SMILES string of the molecule is CCOC(=O)CN1CCc2c([nH]c3ccccc23)C1c1ccccc1. The average Bonchev–Trinajstić information content (AvgIpc) is 3.01. The van der Waals surface area contributed by atoms with Crippen LogP contribution in [0.2, 0.25) is 0 Å². The summed E-state index contributed by atoms with van der Waals surface area (Å²) in [6.07, 6.45) is 0.933. The van der Waals surface area contributed by atoms with Crippen LogP contribution in [0.15, 0.2) is 54.6 Å². The molecule has 1 aliphatic rings. The topological polar surface area (TPSA) is 45.3 Å². The molecule has 0 amide bonds. The van der Waals surface area contributed by atoms with E-state index < -0.39 is 0 Å². The van der Waals surface area contributed by atoms with E-state index in [4.69, 9.17) is 4.74 Å². The number of benzene rings is 2. The Labute approximate surface area is 147 Å². The van der Waals surface area contributed by atoms with Crippen molar-refractivity contribution in [3.63, 3.8) is 0 Å². The number of H-pyrrole nitrogens is 1. The molecule has 2 heterocycles. The van der Waals surface area contributed by atoms with Crippen molar-refractivity contribution in [1.29, 1.82) is 0 Å². The van der Waals surface area contributed by atoms with Gasteiger partial charge in [-0.05, 0) is 30.5 Å². The van der Waals surface area contributed by atoms with E-state index in [0.29, 0.717) is 13.2 Å². The fraction of sp³-hybridized carbons (Fsp3) is 0.286. The number of hydrogen-bond donors (Lipinski definition) is 1. The number of carbonyl (C=O) groups is 1. The lowest BCUT2D eigenvalue weighted by atomic mass is 9.92. The molecular formula is C21H22N2O2. The molecule has 1 unspecified atom stereocenters. The van der Waals surface area contributed by atoms with Gasteiger partial charge in [-0.2, -0.15) is 0 Å². The smallest absolute Gasteiger partial charge is 0.320 e. The summed E-state index contributed by atoms with van der Waals surface area (Å²) in [5.74, 6) is -0.164. The van der Waals surface area contributed by atoms with Gasteiger partial charge in [0.2, 0.25) is 0 Å². The van der Waals surface area contributed by atoms with Gasteiger partial charge in [-0.3, -0.25) is 9.69 Å².